The molecule has 0 heterocycles. The Bertz CT molecular complexity index is 419. The molecule has 0 spiro atoms. The van der Waals surface area contributed by atoms with E-state index in [0.717, 1.165) is 18.4 Å². The van der Waals surface area contributed by atoms with Gasteiger partial charge < -0.3 is 9.84 Å². The molecule has 3 nitrogen and oxygen atoms in total. The van der Waals surface area contributed by atoms with Gasteiger partial charge in [0, 0.05) is 17.5 Å². The maximum Gasteiger partial charge on any atom is 0.303 e. The van der Waals surface area contributed by atoms with Gasteiger partial charge in [-0.2, -0.15) is 0 Å². The zero-order valence-electron chi connectivity index (χ0n) is 10.2. The maximum atomic E-state index is 10.4. The molecule has 0 saturated heterocycles. The monoisotopic (exact) mass is 290 g/mol. The van der Waals surface area contributed by atoms with E-state index in [1.165, 1.54) is 0 Å². The minimum absolute atomic E-state index is 0.183. The van der Waals surface area contributed by atoms with Crippen molar-refractivity contribution in [1.29, 1.82) is 0 Å². The molecule has 0 aliphatic rings. The van der Waals surface area contributed by atoms with E-state index in [9.17, 15) is 4.79 Å². The fraction of sp³-hybridized carbons (Fsp3) is 0.462. The van der Waals surface area contributed by atoms with Crippen molar-refractivity contribution in [3.05, 3.63) is 27.7 Å². The second kappa shape index (κ2) is 7.49. The van der Waals surface area contributed by atoms with Crippen LogP contribution in [-0.4, -0.2) is 17.7 Å². The van der Waals surface area contributed by atoms with Crippen LogP contribution in [0.15, 0.2) is 12.1 Å². The molecular formula is C13H16Cl2O3. The molecule has 0 amide bonds. The van der Waals surface area contributed by atoms with E-state index in [-0.39, 0.29) is 6.42 Å². The van der Waals surface area contributed by atoms with Gasteiger partial charge in [0.25, 0.3) is 0 Å². The highest BCUT2D eigenvalue weighted by Crippen LogP contribution is 2.32. The van der Waals surface area contributed by atoms with E-state index in [4.69, 9.17) is 33.0 Å². The number of ether oxygens (including phenoxy) is 1. The van der Waals surface area contributed by atoms with Gasteiger partial charge in [0.15, 0.2) is 0 Å². The Hall–Kier alpha value is -0.930. The Balaban J connectivity index is 2.61. The minimum atomic E-state index is -0.772. The normalized spacial score (nSPS) is 10.4. The molecule has 0 saturated carbocycles. The van der Waals surface area contributed by atoms with Crippen LogP contribution in [0, 0.1) is 0 Å². The lowest BCUT2D eigenvalue weighted by molar-refractivity contribution is -0.137. The summed E-state index contributed by atoms with van der Waals surface area (Å²) in [5, 5.41) is 9.69. The van der Waals surface area contributed by atoms with Crippen molar-refractivity contribution in [2.75, 3.05) is 6.61 Å². The van der Waals surface area contributed by atoms with Gasteiger partial charge in [-0.05, 0) is 37.8 Å². The Kier molecular flexibility index (Phi) is 6.30. The molecule has 1 aromatic rings. The summed E-state index contributed by atoms with van der Waals surface area (Å²) in [5.41, 5.74) is 0.926. The largest absolute Gasteiger partial charge is 0.492 e. The van der Waals surface area contributed by atoms with Crippen LogP contribution >= 0.6 is 23.2 Å². The standard InChI is InChI=1S/C13H16Cl2O3/c1-2-18-12-8-10(14)9(7-11(12)15)5-3-4-6-13(16)17/h7-8H,2-6H2,1H3,(H,16,17). The number of carboxylic acids is 1. The van der Waals surface area contributed by atoms with Crippen LogP contribution in [0.4, 0.5) is 0 Å². The van der Waals surface area contributed by atoms with Crippen LogP contribution in [0.1, 0.15) is 31.7 Å². The average molecular weight is 291 g/mol. The summed E-state index contributed by atoms with van der Waals surface area (Å²) in [6.07, 6.45) is 2.31. The topological polar surface area (TPSA) is 46.5 Å². The van der Waals surface area contributed by atoms with Crippen molar-refractivity contribution >= 4 is 29.2 Å². The van der Waals surface area contributed by atoms with Crippen LogP contribution in [0.5, 0.6) is 5.75 Å². The summed E-state index contributed by atoms with van der Waals surface area (Å²) in [6, 6.07) is 3.50. The molecule has 5 heteroatoms. The summed E-state index contributed by atoms with van der Waals surface area (Å²) in [6.45, 7) is 2.41. The number of aryl methyl sites for hydroxylation is 1. The fourth-order valence-electron chi connectivity index (χ4n) is 1.62. The van der Waals surface area contributed by atoms with Crippen molar-refractivity contribution in [1.82, 2.24) is 0 Å². The summed E-state index contributed by atoms with van der Waals surface area (Å²) in [4.78, 5) is 10.4. The number of carboxylic acid groups (broad SMARTS) is 1. The van der Waals surface area contributed by atoms with Gasteiger partial charge in [0.2, 0.25) is 0 Å². The van der Waals surface area contributed by atoms with E-state index < -0.39 is 5.97 Å². The molecule has 0 aliphatic heterocycles. The first-order valence-corrected chi connectivity index (χ1v) is 6.62. The van der Waals surface area contributed by atoms with E-state index in [1.807, 2.05) is 6.92 Å². The third-order valence-corrected chi connectivity index (χ3v) is 3.13. The van der Waals surface area contributed by atoms with Gasteiger partial charge in [-0.1, -0.05) is 23.2 Å². The number of hydrogen-bond donors (Lipinski definition) is 1. The highest BCUT2D eigenvalue weighted by Gasteiger charge is 2.08. The van der Waals surface area contributed by atoms with Gasteiger partial charge in [-0.15, -0.1) is 0 Å². The second-order valence-corrected chi connectivity index (χ2v) is 4.72. The lowest BCUT2D eigenvalue weighted by Gasteiger charge is -2.10. The fourth-order valence-corrected chi connectivity index (χ4v) is 2.11. The number of aliphatic carboxylic acids is 1. The third kappa shape index (κ3) is 4.75. The average Bonchev–Trinajstić information content (AvgIpc) is 2.30. The summed E-state index contributed by atoms with van der Waals surface area (Å²) in [5.74, 6) is -0.190. The predicted molar refractivity (Wildman–Crippen MR) is 72.8 cm³/mol. The van der Waals surface area contributed by atoms with Gasteiger partial charge >= 0.3 is 5.97 Å². The second-order valence-electron chi connectivity index (χ2n) is 3.91. The molecule has 18 heavy (non-hydrogen) atoms. The van der Waals surface area contributed by atoms with E-state index in [2.05, 4.69) is 0 Å². The number of halogens is 2. The highest BCUT2D eigenvalue weighted by atomic mass is 35.5. The van der Waals surface area contributed by atoms with Crippen molar-refractivity contribution in [3.63, 3.8) is 0 Å². The first-order chi connectivity index (χ1) is 8.54. The van der Waals surface area contributed by atoms with Crippen molar-refractivity contribution in [2.45, 2.75) is 32.6 Å². The van der Waals surface area contributed by atoms with Crippen LogP contribution < -0.4 is 4.74 Å². The quantitative estimate of drug-likeness (QED) is 0.766. The Labute approximate surface area is 117 Å². The number of rotatable bonds is 7. The van der Waals surface area contributed by atoms with Crippen molar-refractivity contribution in [2.24, 2.45) is 0 Å². The molecule has 0 aromatic heterocycles. The Morgan fingerprint density at radius 1 is 1.28 bits per heavy atom. The third-order valence-electron chi connectivity index (χ3n) is 2.49. The van der Waals surface area contributed by atoms with Gasteiger partial charge in [0.1, 0.15) is 5.75 Å². The van der Waals surface area contributed by atoms with E-state index in [1.54, 1.807) is 12.1 Å². The first-order valence-electron chi connectivity index (χ1n) is 5.87. The molecule has 1 rings (SSSR count). The van der Waals surface area contributed by atoms with Crippen LogP contribution in [0.3, 0.4) is 0 Å². The molecule has 0 bridgehead atoms. The first kappa shape index (κ1) is 15.1. The summed E-state index contributed by atoms with van der Waals surface area (Å²) < 4.78 is 5.34. The molecular weight excluding hydrogens is 275 g/mol. The minimum Gasteiger partial charge on any atom is -0.492 e. The highest BCUT2D eigenvalue weighted by molar-refractivity contribution is 6.34. The van der Waals surface area contributed by atoms with Gasteiger partial charge in [-0.3, -0.25) is 4.79 Å². The van der Waals surface area contributed by atoms with E-state index >= 15 is 0 Å². The molecule has 0 atom stereocenters. The predicted octanol–water partition coefficient (Wildman–Crippen LogP) is 4.19. The van der Waals surface area contributed by atoms with Crippen LogP contribution in [0.25, 0.3) is 0 Å². The zero-order chi connectivity index (χ0) is 13.5. The molecule has 0 aliphatic carbocycles. The Morgan fingerprint density at radius 2 is 2.00 bits per heavy atom. The summed E-state index contributed by atoms with van der Waals surface area (Å²) >= 11 is 12.2. The van der Waals surface area contributed by atoms with Gasteiger partial charge in [-0.25, -0.2) is 0 Å². The SMILES string of the molecule is CCOc1cc(Cl)c(CCCCC(=O)O)cc1Cl. The molecule has 0 unspecified atom stereocenters. The molecule has 0 radical (unpaired) electrons. The number of hydrogen-bond acceptors (Lipinski definition) is 2. The van der Waals surface area contributed by atoms with E-state index in [0.29, 0.717) is 28.8 Å². The van der Waals surface area contributed by atoms with Crippen LogP contribution in [0.2, 0.25) is 10.0 Å². The molecule has 1 N–H and O–H groups in total. The maximum absolute atomic E-state index is 10.4. The zero-order valence-corrected chi connectivity index (χ0v) is 11.7. The van der Waals surface area contributed by atoms with Crippen LogP contribution in [-0.2, 0) is 11.2 Å². The molecule has 0 fully saturated rings. The Morgan fingerprint density at radius 3 is 2.61 bits per heavy atom. The number of unbranched alkanes of at least 4 members (excludes halogenated alkanes) is 1. The van der Waals surface area contributed by atoms with Gasteiger partial charge in [0.05, 0.1) is 11.6 Å². The molecule has 100 valence electrons. The lowest BCUT2D eigenvalue weighted by atomic mass is 10.1. The lowest BCUT2D eigenvalue weighted by Crippen LogP contribution is -1.97. The molecule has 1 aromatic carbocycles. The smallest absolute Gasteiger partial charge is 0.303 e. The number of benzene rings is 1. The number of carbonyl (C=O) groups is 1. The summed E-state index contributed by atoms with van der Waals surface area (Å²) in [7, 11) is 0. The van der Waals surface area contributed by atoms with Crippen molar-refractivity contribution < 1.29 is 14.6 Å². The van der Waals surface area contributed by atoms with Crippen molar-refractivity contribution in [3.8, 4) is 5.75 Å².